The highest BCUT2D eigenvalue weighted by Gasteiger charge is 2.65. The van der Waals surface area contributed by atoms with Crippen LogP contribution >= 0.6 is 23.2 Å². The van der Waals surface area contributed by atoms with Gasteiger partial charge >= 0.3 is 0 Å². The number of carbonyl (C=O) groups excluding carboxylic acids is 2. The van der Waals surface area contributed by atoms with Crippen LogP contribution in [0, 0.1) is 17.2 Å². The van der Waals surface area contributed by atoms with Gasteiger partial charge in [-0.3, -0.25) is 9.59 Å². The second-order valence-electron chi connectivity index (χ2n) is 12.9. The van der Waals surface area contributed by atoms with Crippen molar-refractivity contribution < 1.29 is 23.8 Å². The van der Waals surface area contributed by atoms with E-state index in [4.69, 9.17) is 27.9 Å². The normalized spacial score (nSPS) is 31.0. The Kier molecular flexibility index (Phi) is 8.45. The quantitative estimate of drug-likeness (QED) is 0.349. The molecule has 0 radical (unpaired) electrons. The number of hydrogen-bond donors (Lipinski definition) is 4. The van der Waals surface area contributed by atoms with E-state index in [1.54, 1.807) is 25.3 Å². The number of benzene rings is 2. The molecule has 5 rings (SSSR count). The van der Waals surface area contributed by atoms with E-state index in [0.717, 1.165) is 6.42 Å². The fourth-order valence-electron chi connectivity index (χ4n) is 7.21. The maximum atomic E-state index is 15.0. The number of aliphatic hydroxyl groups excluding tert-OH is 1. The number of aliphatic hydroxyl groups is 1. The highest BCUT2D eigenvalue weighted by molar-refractivity contribution is 6.31. The number of ether oxygens (including phenoxy) is 1. The maximum Gasteiger partial charge on any atom is 0.237 e. The van der Waals surface area contributed by atoms with Gasteiger partial charge in [0.2, 0.25) is 11.8 Å². The minimum Gasteiger partial charge on any atom is -0.390 e. The Morgan fingerprint density at radius 2 is 1.98 bits per heavy atom. The van der Waals surface area contributed by atoms with Crippen LogP contribution in [0.2, 0.25) is 10.0 Å². The predicted molar refractivity (Wildman–Crippen MR) is 158 cm³/mol. The molecule has 3 aliphatic rings. The number of amides is 2. The van der Waals surface area contributed by atoms with Crippen molar-refractivity contribution in [1.29, 1.82) is 0 Å². The van der Waals surface area contributed by atoms with Crippen LogP contribution in [0.3, 0.4) is 0 Å². The Labute approximate surface area is 250 Å². The number of nitrogens with one attached hydrogen (secondary N) is 3. The molecule has 2 fully saturated rings. The van der Waals surface area contributed by atoms with E-state index >= 15 is 4.39 Å². The molecule has 2 aromatic rings. The van der Waals surface area contributed by atoms with E-state index in [1.807, 2.05) is 6.07 Å². The van der Waals surface area contributed by atoms with Crippen molar-refractivity contribution >= 4 is 40.7 Å². The second-order valence-corrected chi connectivity index (χ2v) is 13.7. The molecule has 7 nitrogen and oxygen atoms in total. The van der Waals surface area contributed by atoms with Gasteiger partial charge in [0.25, 0.3) is 0 Å². The van der Waals surface area contributed by atoms with Gasteiger partial charge in [0.15, 0.2) is 0 Å². The third kappa shape index (κ3) is 5.62. The molecule has 2 aliphatic heterocycles. The zero-order valence-electron chi connectivity index (χ0n) is 23.8. The third-order valence-corrected chi connectivity index (χ3v) is 9.44. The van der Waals surface area contributed by atoms with Gasteiger partial charge in [-0.25, -0.2) is 4.39 Å². The Morgan fingerprint density at radius 1 is 1.22 bits per heavy atom. The molecule has 1 saturated heterocycles. The van der Waals surface area contributed by atoms with Crippen molar-refractivity contribution in [2.24, 2.45) is 11.3 Å². The van der Waals surface area contributed by atoms with E-state index < -0.39 is 35.3 Å². The smallest absolute Gasteiger partial charge is 0.237 e. The lowest BCUT2D eigenvalue weighted by atomic mass is 9.62. The molecule has 41 heavy (non-hydrogen) atoms. The minimum atomic E-state index is -1.29. The summed E-state index contributed by atoms with van der Waals surface area (Å²) in [6, 6.07) is 8.67. The highest BCUT2D eigenvalue weighted by Crippen LogP contribution is 2.57. The first-order chi connectivity index (χ1) is 19.3. The number of carbonyl (C=O) groups is 2. The molecule has 2 heterocycles. The molecule has 0 bridgehead atoms. The van der Waals surface area contributed by atoms with Crippen molar-refractivity contribution in [2.75, 3.05) is 19.0 Å². The molecule has 2 aromatic carbocycles. The van der Waals surface area contributed by atoms with Gasteiger partial charge in [-0.1, -0.05) is 56.1 Å². The van der Waals surface area contributed by atoms with Gasteiger partial charge in [0.1, 0.15) is 11.2 Å². The summed E-state index contributed by atoms with van der Waals surface area (Å²) in [5.41, 5.74) is 0.132. The van der Waals surface area contributed by atoms with Crippen molar-refractivity contribution in [3.63, 3.8) is 0 Å². The zero-order valence-corrected chi connectivity index (χ0v) is 25.3. The number of fused-ring (bicyclic) bond motifs is 2. The number of halogens is 3. The van der Waals surface area contributed by atoms with Crippen LogP contribution in [0.5, 0.6) is 0 Å². The summed E-state index contributed by atoms with van der Waals surface area (Å²) in [6.45, 7) is 6.63. The second kappa shape index (κ2) is 11.5. The molecule has 1 saturated carbocycles. The van der Waals surface area contributed by atoms with Crippen molar-refractivity contribution in [2.45, 2.75) is 82.1 Å². The molecule has 1 unspecified atom stereocenters. The molecule has 2 amide bonds. The molecule has 1 spiro atoms. The largest absolute Gasteiger partial charge is 0.390 e. The van der Waals surface area contributed by atoms with Crippen LogP contribution in [0.4, 0.5) is 10.1 Å². The number of methoxy groups -OCH3 is 1. The third-order valence-electron chi connectivity index (χ3n) is 8.92. The number of anilines is 1. The summed E-state index contributed by atoms with van der Waals surface area (Å²) < 4.78 is 20.4. The van der Waals surface area contributed by atoms with Crippen LogP contribution in [0.15, 0.2) is 36.4 Å². The summed E-state index contributed by atoms with van der Waals surface area (Å²) in [6.07, 6.45) is 1.92. The first-order valence-electron chi connectivity index (χ1n) is 14.2. The van der Waals surface area contributed by atoms with Gasteiger partial charge in [-0.2, -0.15) is 0 Å². The van der Waals surface area contributed by atoms with Crippen LogP contribution in [-0.2, 0) is 19.7 Å². The zero-order chi connectivity index (χ0) is 29.7. The van der Waals surface area contributed by atoms with Crippen LogP contribution < -0.4 is 16.0 Å². The van der Waals surface area contributed by atoms with Crippen molar-refractivity contribution in [1.82, 2.24) is 10.6 Å². The van der Waals surface area contributed by atoms with Crippen molar-refractivity contribution in [3.8, 4) is 0 Å². The molecule has 10 heteroatoms. The van der Waals surface area contributed by atoms with Gasteiger partial charge in [0.05, 0.1) is 23.3 Å². The molecular formula is C31H38Cl2FN3O4. The first kappa shape index (κ1) is 30.2. The lowest BCUT2D eigenvalue weighted by Gasteiger charge is -2.37. The molecular weight excluding hydrogens is 568 g/mol. The van der Waals surface area contributed by atoms with E-state index in [-0.39, 0.29) is 34.3 Å². The van der Waals surface area contributed by atoms with E-state index in [0.29, 0.717) is 47.6 Å². The van der Waals surface area contributed by atoms with Crippen LogP contribution in [0.25, 0.3) is 0 Å². The van der Waals surface area contributed by atoms with Gasteiger partial charge < -0.3 is 25.8 Å². The molecule has 1 aliphatic carbocycles. The Morgan fingerprint density at radius 3 is 2.63 bits per heavy atom. The fourth-order valence-corrected chi connectivity index (χ4v) is 7.57. The predicted octanol–water partition coefficient (Wildman–Crippen LogP) is 5.18. The minimum absolute atomic E-state index is 0.0826. The fraction of sp³-hybridized carbons (Fsp3) is 0.548. The van der Waals surface area contributed by atoms with Gasteiger partial charge in [-0.15, -0.1) is 0 Å². The monoisotopic (exact) mass is 605 g/mol. The summed E-state index contributed by atoms with van der Waals surface area (Å²) in [4.78, 5) is 28.1. The Balaban J connectivity index is 1.53. The Bertz CT molecular complexity index is 1330. The van der Waals surface area contributed by atoms with E-state index in [2.05, 4.69) is 36.7 Å². The van der Waals surface area contributed by atoms with Gasteiger partial charge in [-0.05, 0) is 72.4 Å². The molecule has 4 N–H and O–H groups in total. The summed E-state index contributed by atoms with van der Waals surface area (Å²) in [5, 5.41) is 20.1. The average Bonchev–Trinajstić information content (AvgIpc) is 3.51. The number of rotatable bonds is 7. The average molecular weight is 607 g/mol. The van der Waals surface area contributed by atoms with Crippen LogP contribution in [0.1, 0.15) is 63.5 Å². The van der Waals surface area contributed by atoms with E-state index in [9.17, 15) is 14.7 Å². The summed E-state index contributed by atoms with van der Waals surface area (Å²) in [5.74, 6) is -1.62. The Hall–Kier alpha value is -2.23. The number of hydrogen-bond acceptors (Lipinski definition) is 5. The summed E-state index contributed by atoms with van der Waals surface area (Å²) >= 11 is 12.6. The summed E-state index contributed by atoms with van der Waals surface area (Å²) in [7, 11) is 1.60. The highest BCUT2D eigenvalue weighted by atomic mass is 35.5. The lowest BCUT2D eigenvalue weighted by molar-refractivity contribution is -0.123. The SMILES string of the molecule is CO[C@H]1CC(CCNC(=O)[C@@H]2N[C@H](CC(C)(C)C)[C@]3(C(=O)Nc4cc(Cl)c(F)cc43)[C@H]2c2cccc(Cl)c2)C[C@@H]1O. The topological polar surface area (TPSA) is 99.7 Å². The molecule has 0 aromatic heterocycles. The van der Waals surface area contributed by atoms with Gasteiger partial charge in [0, 0.05) is 36.3 Å². The molecule has 222 valence electrons. The first-order valence-corrected chi connectivity index (χ1v) is 14.9. The maximum absolute atomic E-state index is 15.0. The standard InChI is InChI=1S/C31H38Cl2FN3O4/c1-30(2,3)15-25-31(19-13-21(34)20(33)14-22(19)36-29(31)40)26(17-6-5-7-18(32)12-17)27(37-25)28(39)35-9-8-16-10-23(38)24(11-16)41-4/h5-7,12-14,16,23-27,37-38H,8-11,15H2,1-4H3,(H,35,39)(H,36,40)/t16?,23-,24-,25+,26-,27+,31-/m0/s1. The van der Waals surface area contributed by atoms with Crippen molar-refractivity contribution in [3.05, 3.63) is 63.4 Å². The van der Waals surface area contributed by atoms with Crippen LogP contribution in [-0.4, -0.2) is 54.9 Å². The lowest BCUT2D eigenvalue weighted by Crippen LogP contribution is -2.49. The molecule has 7 atom stereocenters. The van der Waals surface area contributed by atoms with E-state index in [1.165, 1.54) is 12.1 Å².